The molecule has 0 aliphatic carbocycles. The Bertz CT molecular complexity index is 1140. The number of aromatic nitrogens is 5. The van der Waals surface area contributed by atoms with E-state index in [0.717, 1.165) is 15.8 Å². The minimum Gasteiger partial charge on any atom is -0.495 e. The summed E-state index contributed by atoms with van der Waals surface area (Å²) in [5.41, 5.74) is 1.41. The van der Waals surface area contributed by atoms with Gasteiger partial charge in [0.25, 0.3) is 5.56 Å². The number of hydrogen-bond donors (Lipinski definition) is 1. The Morgan fingerprint density at radius 1 is 1.18 bits per heavy atom. The molecule has 0 atom stereocenters. The summed E-state index contributed by atoms with van der Waals surface area (Å²) in [7, 11) is -2.41. The van der Waals surface area contributed by atoms with Gasteiger partial charge in [-0.1, -0.05) is 0 Å². The summed E-state index contributed by atoms with van der Waals surface area (Å²) in [6.45, 7) is 3.73. The van der Waals surface area contributed by atoms with Crippen molar-refractivity contribution in [2.45, 2.75) is 25.3 Å². The lowest BCUT2D eigenvalue weighted by Crippen LogP contribution is -2.32. The van der Waals surface area contributed by atoms with Crippen molar-refractivity contribution < 1.29 is 13.2 Å². The fourth-order valence-electron chi connectivity index (χ4n) is 2.54. The van der Waals surface area contributed by atoms with Crippen molar-refractivity contribution in [2.24, 2.45) is 0 Å². The predicted molar refractivity (Wildman–Crippen MR) is 101 cm³/mol. The SMILES string of the molecule is COc1cc(C)c(C)cc1S(=O)(=O)NCCn1nc(-n2cncn2)ccc1=O. The van der Waals surface area contributed by atoms with Crippen LogP contribution in [0.2, 0.25) is 0 Å². The molecule has 0 unspecified atom stereocenters. The van der Waals surface area contributed by atoms with E-state index in [9.17, 15) is 13.2 Å². The molecule has 0 bridgehead atoms. The minimum atomic E-state index is -3.82. The molecule has 0 saturated heterocycles. The Morgan fingerprint density at radius 2 is 1.93 bits per heavy atom. The van der Waals surface area contributed by atoms with Crippen molar-refractivity contribution in [3.8, 4) is 11.6 Å². The van der Waals surface area contributed by atoms with E-state index in [2.05, 4.69) is 19.9 Å². The molecule has 28 heavy (non-hydrogen) atoms. The first-order chi connectivity index (χ1) is 13.3. The fraction of sp³-hybridized carbons (Fsp3) is 0.294. The van der Waals surface area contributed by atoms with Gasteiger partial charge in [-0.15, -0.1) is 5.10 Å². The molecule has 3 rings (SSSR count). The largest absolute Gasteiger partial charge is 0.495 e. The second-order valence-electron chi connectivity index (χ2n) is 6.08. The van der Waals surface area contributed by atoms with E-state index in [4.69, 9.17) is 4.74 Å². The maximum absolute atomic E-state index is 12.7. The van der Waals surface area contributed by atoms with Gasteiger partial charge in [0.2, 0.25) is 10.0 Å². The fourth-order valence-corrected chi connectivity index (χ4v) is 3.80. The summed E-state index contributed by atoms with van der Waals surface area (Å²) >= 11 is 0. The number of rotatable bonds is 7. The van der Waals surface area contributed by atoms with E-state index in [0.29, 0.717) is 5.82 Å². The molecule has 0 saturated carbocycles. The molecule has 1 aromatic carbocycles. The molecule has 11 heteroatoms. The highest BCUT2D eigenvalue weighted by Gasteiger charge is 2.20. The first-order valence-electron chi connectivity index (χ1n) is 8.40. The zero-order valence-corrected chi connectivity index (χ0v) is 16.5. The Kier molecular flexibility index (Phi) is 5.56. The van der Waals surface area contributed by atoms with Gasteiger partial charge in [-0.3, -0.25) is 4.79 Å². The summed E-state index contributed by atoms with van der Waals surface area (Å²) in [4.78, 5) is 15.9. The molecule has 10 nitrogen and oxygen atoms in total. The number of ether oxygens (including phenoxy) is 1. The Balaban J connectivity index is 1.77. The molecule has 0 spiro atoms. The molecule has 2 aromatic heterocycles. The van der Waals surface area contributed by atoms with Gasteiger partial charge in [0.15, 0.2) is 5.82 Å². The molecule has 1 N–H and O–H groups in total. The molecule has 0 radical (unpaired) electrons. The Labute approximate surface area is 161 Å². The second kappa shape index (κ2) is 7.90. The van der Waals surface area contributed by atoms with Crippen LogP contribution in [0.15, 0.2) is 46.6 Å². The van der Waals surface area contributed by atoms with Crippen LogP contribution in [0.1, 0.15) is 11.1 Å². The summed E-state index contributed by atoms with van der Waals surface area (Å²) < 4.78 is 35.6. The van der Waals surface area contributed by atoms with E-state index >= 15 is 0 Å². The molecule has 0 aliphatic heterocycles. The zero-order valence-electron chi connectivity index (χ0n) is 15.7. The van der Waals surface area contributed by atoms with Crippen LogP contribution >= 0.6 is 0 Å². The normalized spacial score (nSPS) is 11.5. The molecule has 3 aromatic rings. The van der Waals surface area contributed by atoms with E-state index in [-0.39, 0.29) is 29.3 Å². The van der Waals surface area contributed by atoms with Crippen molar-refractivity contribution in [1.29, 1.82) is 0 Å². The number of nitrogens with one attached hydrogen (secondary N) is 1. The average molecular weight is 404 g/mol. The van der Waals surface area contributed by atoms with Crippen LogP contribution in [-0.4, -0.2) is 46.6 Å². The topological polar surface area (TPSA) is 121 Å². The Morgan fingerprint density at radius 3 is 2.61 bits per heavy atom. The number of hydrogen-bond acceptors (Lipinski definition) is 7. The molecule has 0 fully saturated rings. The van der Waals surface area contributed by atoms with Crippen molar-refractivity contribution in [1.82, 2.24) is 29.3 Å². The molecule has 0 amide bonds. The van der Waals surface area contributed by atoms with Crippen molar-refractivity contribution in [2.75, 3.05) is 13.7 Å². The standard InChI is InChI=1S/C17H20N6O4S/c1-12-8-14(27-3)15(9-13(12)2)28(25,26)20-6-7-22-17(24)5-4-16(21-22)23-11-18-10-19-23/h4-5,8-11,20H,6-7H2,1-3H3. The van der Waals surface area contributed by atoms with E-state index in [1.54, 1.807) is 12.1 Å². The lowest BCUT2D eigenvalue weighted by molar-refractivity contribution is 0.401. The molecular formula is C17H20N6O4S. The van der Waals surface area contributed by atoms with Crippen LogP contribution in [-0.2, 0) is 16.6 Å². The summed E-state index contributed by atoms with van der Waals surface area (Å²) in [6.07, 6.45) is 2.80. The van der Waals surface area contributed by atoms with Gasteiger partial charge in [0.1, 0.15) is 23.3 Å². The zero-order chi connectivity index (χ0) is 20.3. The van der Waals surface area contributed by atoms with Gasteiger partial charge in [0, 0.05) is 12.6 Å². The molecule has 148 valence electrons. The van der Waals surface area contributed by atoms with E-state index < -0.39 is 10.0 Å². The van der Waals surface area contributed by atoms with E-state index in [1.165, 1.54) is 36.6 Å². The van der Waals surface area contributed by atoms with Gasteiger partial charge in [-0.25, -0.2) is 27.5 Å². The second-order valence-corrected chi connectivity index (χ2v) is 7.81. The van der Waals surface area contributed by atoms with Crippen LogP contribution in [0.4, 0.5) is 0 Å². The highest BCUT2D eigenvalue weighted by Crippen LogP contribution is 2.27. The van der Waals surface area contributed by atoms with Gasteiger partial charge in [-0.05, 0) is 43.2 Å². The highest BCUT2D eigenvalue weighted by molar-refractivity contribution is 7.89. The molecular weight excluding hydrogens is 384 g/mol. The van der Waals surface area contributed by atoms with Crippen molar-refractivity contribution in [3.63, 3.8) is 0 Å². The van der Waals surface area contributed by atoms with Crippen molar-refractivity contribution >= 4 is 10.0 Å². The number of aryl methyl sites for hydroxylation is 2. The lowest BCUT2D eigenvalue weighted by Gasteiger charge is -2.13. The van der Waals surface area contributed by atoms with Crippen LogP contribution in [0.5, 0.6) is 5.75 Å². The quantitative estimate of drug-likeness (QED) is 0.606. The number of sulfonamides is 1. The first kappa shape index (κ1) is 19.7. The highest BCUT2D eigenvalue weighted by atomic mass is 32.2. The van der Waals surface area contributed by atoms with Crippen molar-refractivity contribution in [3.05, 3.63) is 58.4 Å². The third-order valence-electron chi connectivity index (χ3n) is 4.19. The van der Waals surface area contributed by atoms with Crippen LogP contribution in [0.25, 0.3) is 5.82 Å². The monoisotopic (exact) mass is 404 g/mol. The first-order valence-corrected chi connectivity index (χ1v) is 9.88. The summed E-state index contributed by atoms with van der Waals surface area (Å²) in [5, 5.41) is 8.12. The van der Waals surface area contributed by atoms with Crippen LogP contribution < -0.4 is 15.0 Å². The van der Waals surface area contributed by atoms with Gasteiger partial charge < -0.3 is 4.74 Å². The van der Waals surface area contributed by atoms with Crippen LogP contribution in [0, 0.1) is 13.8 Å². The number of nitrogens with zero attached hydrogens (tertiary/aromatic N) is 5. The third kappa shape index (κ3) is 4.10. The summed E-state index contributed by atoms with van der Waals surface area (Å²) in [6, 6.07) is 6.09. The van der Waals surface area contributed by atoms with Gasteiger partial charge in [0.05, 0.1) is 13.7 Å². The molecule has 0 aliphatic rings. The maximum atomic E-state index is 12.7. The number of benzene rings is 1. The van der Waals surface area contributed by atoms with Crippen LogP contribution in [0.3, 0.4) is 0 Å². The summed E-state index contributed by atoms with van der Waals surface area (Å²) in [5.74, 6) is 0.662. The van der Waals surface area contributed by atoms with E-state index in [1.807, 2.05) is 13.8 Å². The van der Waals surface area contributed by atoms with Gasteiger partial charge >= 0.3 is 0 Å². The lowest BCUT2D eigenvalue weighted by atomic mass is 10.1. The Hall–Kier alpha value is -3.05. The smallest absolute Gasteiger partial charge is 0.266 e. The number of methoxy groups -OCH3 is 1. The predicted octanol–water partition coefficient (Wildman–Crippen LogP) is 0.428. The minimum absolute atomic E-state index is 0.0217. The maximum Gasteiger partial charge on any atom is 0.266 e. The average Bonchev–Trinajstić information content (AvgIpc) is 3.19. The third-order valence-corrected chi connectivity index (χ3v) is 5.67. The molecule has 2 heterocycles. The van der Waals surface area contributed by atoms with Gasteiger partial charge in [-0.2, -0.15) is 5.10 Å².